The van der Waals surface area contributed by atoms with E-state index in [1.165, 1.54) is 36.4 Å². The van der Waals surface area contributed by atoms with Crippen molar-refractivity contribution >= 4 is 23.3 Å². The molecule has 0 fully saturated rings. The number of carbonyl (C=O) groups excluding carboxylic acids is 2. The number of carbonyl (C=O) groups is 2. The third-order valence-corrected chi connectivity index (χ3v) is 3.94. The fourth-order valence-electron chi connectivity index (χ4n) is 2.48. The van der Waals surface area contributed by atoms with Crippen LogP contribution in [0, 0.1) is 24.0 Å². The van der Waals surface area contributed by atoms with Crippen LogP contribution in [0.1, 0.15) is 11.1 Å². The third-order valence-electron chi connectivity index (χ3n) is 3.94. The summed E-state index contributed by atoms with van der Waals surface area (Å²) >= 11 is 0. The molecule has 136 valence electrons. The highest BCUT2D eigenvalue weighted by Gasteiger charge is 2.31. The zero-order chi connectivity index (χ0) is 19.4. The molecule has 0 aliphatic carbocycles. The van der Waals surface area contributed by atoms with Gasteiger partial charge in [-0.2, -0.15) is 0 Å². The van der Waals surface area contributed by atoms with Gasteiger partial charge in [0.1, 0.15) is 11.4 Å². The molecule has 0 radical (unpaired) electrons. The molecule has 1 aromatic rings. The Morgan fingerprint density at radius 1 is 1.04 bits per heavy atom. The maximum atomic E-state index is 12.4. The minimum Gasteiger partial charge on any atom is -0.465 e. The molecular weight excluding hydrogens is 340 g/mol. The lowest BCUT2D eigenvalue weighted by molar-refractivity contribution is -0.384. The van der Waals surface area contributed by atoms with Gasteiger partial charge < -0.3 is 14.4 Å². The van der Waals surface area contributed by atoms with Crippen LogP contribution in [0.25, 0.3) is 0 Å². The first-order chi connectivity index (χ1) is 12.3. The number of hydrogen-bond donors (Lipinski definition) is 0. The maximum Gasteiger partial charge on any atom is 0.355 e. The van der Waals surface area contributed by atoms with Gasteiger partial charge in [-0.25, -0.2) is 9.59 Å². The number of hydrogen-bond acceptors (Lipinski definition) is 7. The van der Waals surface area contributed by atoms with Crippen LogP contribution in [0.2, 0.25) is 0 Å². The van der Waals surface area contributed by atoms with Crippen molar-refractivity contribution in [2.24, 2.45) is 0 Å². The summed E-state index contributed by atoms with van der Waals surface area (Å²) in [6, 6.07) is 3.00. The molecule has 1 heterocycles. The number of methoxy groups -OCH3 is 2. The molecule has 0 unspecified atom stereocenters. The van der Waals surface area contributed by atoms with Crippen molar-refractivity contribution in [1.29, 1.82) is 0 Å². The van der Waals surface area contributed by atoms with Crippen molar-refractivity contribution in [1.82, 2.24) is 0 Å². The monoisotopic (exact) mass is 358 g/mol. The minimum atomic E-state index is -0.825. The highest BCUT2D eigenvalue weighted by molar-refractivity contribution is 6.05. The van der Waals surface area contributed by atoms with E-state index in [2.05, 4.69) is 0 Å². The van der Waals surface area contributed by atoms with Crippen LogP contribution in [-0.2, 0) is 19.1 Å². The van der Waals surface area contributed by atoms with E-state index in [0.29, 0.717) is 0 Å². The Kier molecular flexibility index (Phi) is 5.56. The van der Waals surface area contributed by atoms with Gasteiger partial charge in [-0.3, -0.25) is 10.1 Å². The standard InChI is InChI=1S/C18H18N2O6/c1-11-9-14(15(20(23)24)10-12(11)2)19-8-6-5-7-13(17(21)25-3)16(19)18(22)26-4/h5-10H,1-4H3. The highest BCUT2D eigenvalue weighted by Crippen LogP contribution is 2.35. The molecule has 0 atom stereocenters. The predicted octanol–water partition coefficient (Wildman–Crippen LogP) is 2.70. The SMILES string of the molecule is COC(=O)C1=C(C(=O)OC)N(c2cc(C)c(C)cc2[N+](=O)[O-])C=CC=C1. The molecule has 2 rings (SSSR count). The molecule has 1 aliphatic heterocycles. The van der Waals surface area contributed by atoms with E-state index in [1.807, 2.05) is 0 Å². The summed E-state index contributed by atoms with van der Waals surface area (Å²) in [5, 5.41) is 11.5. The Hall–Kier alpha value is -3.42. The number of benzene rings is 1. The fourth-order valence-corrected chi connectivity index (χ4v) is 2.48. The second-order valence-corrected chi connectivity index (χ2v) is 5.50. The molecule has 0 saturated heterocycles. The van der Waals surface area contributed by atoms with E-state index in [0.717, 1.165) is 18.2 Å². The molecular formula is C18H18N2O6. The maximum absolute atomic E-state index is 12.4. The van der Waals surface area contributed by atoms with E-state index in [9.17, 15) is 19.7 Å². The molecule has 0 aromatic heterocycles. The molecule has 0 spiro atoms. The Morgan fingerprint density at radius 3 is 2.23 bits per heavy atom. The van der Waals surface area contributed by atoms with E-state index in [4.69, 9.17) is 9.47 Å². The summed E-state index contributed by atoms with van der Waals surface area (Å²) in [7, 11) is 2.34. The van der Waals surface area contributed by atoms with Crippen LogP contribution in [-0.4, -0.2) is 31.1 Å². The summed E-state index contributed by atoms with van der Waals surface area (Å²) in [6.45, 7) is 3.55. The summed E-state index contributed by atoms with van der Waals surface area (Å²) in [4.78, 5) is 36.8. The Bertz CT molecular complexity index is 867. The van der Waals surface area contributed by atoms with Crippen molar-refractivity contribution in [2.75, 3.05) is 19.1 Å². The molecule has 0 bridgehead atoms. The second-order valence-electron chi connectivity index (χ2n) is 5.50. The number of anilines is 1. The number of esters is 2. The van der Waals surface area contributed by atoms with E-state index in [1.54, 1.807) is 26.0 Å². The van der Waals surface area contributed by atoms with Gasteiger partial charge in [-0.1, -0.05) is 6.08 Å². The molecule has 1 aromatic carbocycles. The first-order valence-corrected chi connectivity index (χ1v) is 7.62. The average Bonchev–Trinajstić information content (AvgIpc) is 2.84. The van der Waals surface area contributed by atoms with Gasteiger partial charge in [-0.15, -0.1) is 0 Å². The molecule has 0 amide bonds. The van der Waals surface area contributed by atoms with E-state index < -0.39 is 16.9 Å². The zero-order valence-electron chi connectivity index (χ0n) is 14.8. The fraction of sp³-hybridized carbons (Fsp3) is 0.222. The number of nitrogens with zero attached hydrogens (tertiary/aromatic N) is 2. The largest absolute Gasteiger partial charge is 0.465 e. The number of aryl methyl sites for hydroxylation is 2. The van der Waals surface area contributed by atoms with E-state index >= 15 is 0 Å². The van der Waals surface area contributed by atoms with Gasteiger partial charge in [0.15, 0.2) is 0 Å². The lowest BCUT2D eigenvalue weighted by Gasteiger charge is -2.23. The van der Waals surface area contributed by atoms with Gasteiger partial charge in [-0.05, 0) is 43.2 Å². The number of nitro groups is 1. The van der Waals surface area contributed by atoms with Gasteiger partial charge in [0, 0.05) is 12.3 Å². The quantitative estimate of drug-likeness (QED) is 0.463. The van der Waals surface area contributed by atoms with Crippen molar-refractivity contribution in [3.63, 3.8) is 0 Å². The van der Waals surface area contributed by atoms with Gasteiger partial charge in [0.25, 0.3) is 5.69 Å². The van der Waals surface area contributed by atoms with Gasteiger partial charge >= 0.3 is 11.9 Å². The zero-order valence-corrected chi connectivity index (χ0v) is 14.8. The Balaban J connectivity index is 2.81. The number of rotatable bonds is 4. The number of nitro benzene ring substituents is 1. The van der Waals surface area contributed by atoms with Crippen LogP contribution in [0.5, 0.6) is 0 Å². The van der Waals surface area contributed by atoms with Gasteiger partial charge in [0.05, 0.1) is 24.7 Å². The normalized spacial score (nSPS) is 13.5. The molecule has 0 N–H and O–H groups in total. The smallest absolute Gasteiger partial charge is 0.355 e. The van der Waals surface area contributed by atoms with Crippen molar-refractivity contribution in [3.05, 3.63) is 69.1 Å². The Morgan fingerprint density at radius 2 is 1.65 bits per heavy atom. The molecule has 8 nitrogen and oxygen atoms in total. The summed E-state index contributed by atoms with van der Waals surface area (Å²) < 4.78 is 9.52. The van der Waals surface area contributed by atoms with Crippen LogP contribution >= 0.6 is 0 Å². The predicted molar refractivity (Wildman–Crippen MR) is 94.4 cm³/mol. The number of allylic oxidation sites excluding steroid dienone is 2. The first-order valence-electron chi connectivity index (χ1n) is 7.62. The average molecular weight is 358 g/mol. The molecule has 8 heteroatoms. The second kappa shape index (κ2) is 7.64. The van der Waals surface area contributed by atoms with Crippen LogP contribution < -0.4 is 4.90 Å². The lowest BCUT2D eigenvalue weighted by Crippen LogP contribution is -2.27. The van der Waals surface area contributed by atoms with Crippen LogP contribution in [0.3, 0.4) is 0 Å². The first kappa shape index (κ1) is 18.9. The lowest BCUT2D eigenvalue weighted by atomic mass is 10.1. The van der Waals surface area contributed by atoms with E-state index in [-0.39, 0.29) is 22.6 Å². The van der Waals surface area contributed by atoms with Crippen molar-refractivity contribution in [2.45, 2.75) is 13.8 Å². The Labute approximate surface area is 150 Å². The number of ether oxygens (including phenoxy) is 2. The van der Waals surface area contributed by atoms with Crippen molar-refractivity contribution < 1.29 is 24.0 Å². The summed E-state index contributed by atoms with van der Waals surface area (Å²) in [6.07, 6.45) is 5.93. The summed E-state index contributed by atoms with van der Waals surface area (Å²) in [5.74, 6) is -1.59. The molecule has 0 saturated carbocycles. The summed E-state index contributed by atoms with van der Waals surface area (Å²) in [5.41, 5.74) is 1.21. The topological polar surface area (TPSA) is 99.0 Å². The minimum absolute atomic E-state index is 0.0723. The van der Waals surface area contributed by atoms with Crippen LogP contribution in [0.4, 0.5) is 11.4 Å². The van der Waals surface area contributed by atoms with Crippen molar-refractivity contribution in [3.8, 4) is 0 Å². The molecule has 1 aliphatic rings. The van der Waals surface area contributed by atoms with Crippen LogP contribution in [0.15, 0.2) is 47.8 Å². The van der Waals surface area contributed by atoms with Gasteiger partial charge in [0.2, 0.25) is 0 Å². The third kappa shape index (κ3) is 3.49. The molecule has 26 heavy (non-hydrogen) atoms. The highest BCUT2D eigenvalue weighted by atomic mass is 16.6.